The molecule has 0 aliphatic carbocycles. The van der Waals surface area contributed by atoms with Crippen LogP contribution in [0, 0.1) is 6.92 Å². The van der Waals surface area contributed by atoms with Crippen LogP contribution in [-0.4, -0.2) is 48.2 Å². The lowest BCUT2D eigenvalue weighted by atomic mass is 10.3. The summed E-state index contributed by atoms with van der Waals surface area (Å²) in [6.07, 6.45) is -0.669. The fourth-order valence-electron chi connectivity index (χ4n) is 1.48. The van der Waals surface area contributed by atoms with Crippen LogP contribution < -0.4 is 21.5 Å². The Balaban J connectivity index is 2.31. The number of ether oxygens (including phenoxy) is 1. The quantitative estimate of drug-likeness (QED) is 0.517. The van der Waals surface area contributed by atoms with E-state index in [2.05, 4.69) is 30.7 Å². The number of rotatable bonds is 6. The molecule has 0 bridgehead atoms. The summed E-state index contributed by atoms with van der Waals surface area (Å²) < 4.78 is 4.39. The highest BCUT2D eigenvalue weighted by Crippen LogP contribution is 1.94. The van der Waals surface area contributed by atoms with Crippen molar-refractivity contribution in [2.45, 2.75) is 19.9 Å². The number of anilines is 1. The maximum atomic E-state index is 11.6. The van der Waals surface area contributed by atoms with Crippen LogP contribution in [0.5, 0.6) is 0 Å². The van der Waals surface area contributed by atoms with Crippen molar-refractivity contribution in [3.05, 3.63) is 22.1 Å². The predicted octanol–water partition coefficient (Wildman–Crippen LogP) is -0.649. The number of hydrogen-bond acceptors (Lipinski definition) is 6. The zero-order chi connectivity index (χ0) is 15.8. The minimum Gasteiger partial charge on any atom is -0.453 e. The van der Waals surface area contributed by atoms with Gasteiger partial charge in [-0.05, 0) is 13.8 Å². The number of methoxy groups -OCH3 is 1. The van der Waals surface area contributed by atoms with E-state index in [1.807, 2.05) is 0 Å². The maximum Gasteiger partial charge on any atom is 0.407 e. The second-order valence-corrected chi connectivity index (χ2v) is 4.31. The molecule has 1 rings (SSSR count). The van der Waals surface area contributed by atoms with Crippen molar-refractivity contribution in [1.82, 2.24) is 20.6 Å². The van der Waals surface area contributed by atoms with Crippen LogP contribution in [0.25, 0.3) is 0 Å². The van der Waals surface area contributed by atoms with Gasteiger partial charge in [-0.25, -0.2) is 9.78 Å². The number of nitrogens with one attached hydrogen (secondary N) is 4. The molecule has 4 N–H and O–H groups in total. The lowest BCUT2D eigenvalue weighted by Gasteiger charge is -2.13. The van der Waals surface area contributed by atoms with Gasteiger partial charge in [0.2, 0.25) is 11.9 Å². The Labute approximate surface area is 121 Å². The number of nitrogens with zero attached hydrogens (tertiary/aromatic N) is 1. The molecule has 21 heavy (non-hydrogen) atoms. The van der Waals surface area contributed by atoms with E-state index in [1.165, 1.54) is 13.2 Å². The van der Waals surface area contributed by atoms with Crippen LogP contribution >= 0.6 is 0 Å². The molecule has 1 aromatic rings. The molecule has 0 unspecified atom stereocenters. The van der Waals surface area contributed by atoms with Gasteiger partial charge in [0, 0.05) is 24.8 Å². The van der Waals surface area contributed by atoms with Crippen LogP contribution in [-0.2, 0) is 9.53 Å². The number of H-pyrrole nitrogens is 1. The molecule has 9 heteroatoms. The number of carbonyl (C=O) groups excluding carboxylic acids is 2. The molecule has 0 saturated heterocycles. The van der Waals surface area contributed by atoms with Gasteiger partial charge >= 0.3 is 6.09 Å². The van der Waals surface area contributed by atoms with Crippen molar-refractivity contribution >= 4 is 17.9 Å². The van der Waals surface area contributed by atoms with Crippen LogP contribution in [0.3, 0.4) is 0 Å². The van der Waals surface area contributed by atoms with E-state index in [-0.39, 0.29) is 11.5 Å². The fraction of sp³-hybridized carbons (Fsp3) is 0.500. The molecular weight excluding hydrogens is 278 g/mol. The largest absolute Gasteiger partial charge is 0.453 e. The Kier molecular flexibility index (Phi) is 6.18. The number of aryl methyl sites for hydroxylation is 1. The monoisotopic (exact) mass is 297 g/mol. The third kappa shape index (κ3) is 5.93. The maximum absolute atomic E-state index is 11.6. The van der Waals surface area contributed by atoms with Crippen molar-refractivity contribution in [2.75, 3.05) is 25.5 Å². The molecule has 2 amide bonds. The second-order valence-electron chi connectivity index (χ2n) is 4.31. The number of amides is 2. The fourth-order valence-corrected chi connectivity index (χ4v) is 1.48. The van der Waals surface area contributed by atoms with Gasteiger partial charge < -0.3 is 20.7 Å². The van der Waals surface area contributed by atoms with E-state index >= 15 is 0 Å². The summed E-state index contributed by atoms with van der Waals surface area (Å²) in [5.41, 5.74) is 0.353. The van der Waals surface area contributed by atoms with Gasteiger partial charge in [0.05, 0.1) is 7.11 Å². The number of hydrogen-bond donors (Lipinski definition) is 4. The van der Waals surface area contributed by atoms with Crippen molar-refractivity contribution < 1.29 is 14.3 Å². The first-order valence-corrected chi connectivity index (χ1v) is 6.36. The van der Waals surface area contributed by atoms with Gasteiger partial charge in [-0.15, -0.1) is 0 Å². The Morgan fingerprint density at radius 2 is 2.14 bits per heavy atom. The molecule has 116 valence electrons. The molecule has 0 aliphatic rings. The van der Waals surface area contributed by atoms with Gasteiger partial charge in [0.25, 0.3) is 5.56 Å². The number of aromatic amines is 1. The summed E-state index contributed by atoms with van der Waals surface area (Å²) in [6, 6.07) is 0.682. The molecular formula is C12H19N5O4. The number of alkyl carbamates (subject to hydrolysis) is 1. The van der Waals surface area contributed by atoms with E-state index in [9.17, 15) is 14.4 Å². The third-order valence-electron chi connectivity index (χ3n) is 2.50. The Morgan fingerprint density at radius 1 is 1.43 bits per heavy atom. The van der Waals surface area contributed by atoms with Gasteiger partial charge in [-0.2, -0.15) is 0 Å². The zero-order valence-corrected chi connectivity index (χ0v) is 12.1. The highest BCUT2D eigenvalue weighted by atomic mass is 16.5. The van der Waals surface area contributed by atoms with Crippen LogP contribution in [0.4, 0.5) is 10.7 Å². The Morgan fingerprint density at radius 3 is 2.76 bits per heavy atom. The summed E-state index contributed by atoms with van der Waals surface area (Å²) in [5.74, 6) is 0.00266. The zero-order valence-electron chi connectivity index (χ0n) is 12.1. The summed E-state index contributed by atoms with van der Waals surface area (Å²) in [7, 11) is 1.22. The molecule has 1 atom stereocenters. The predicted molar refractivity (Wildman–Crippen MR) is 76.1 cm³/mol. The van der Waals surface area contributed by atoms with Gasteiger partial charge in [-0.3, -0.25) is 14.6 Å². The van der Waals surface area contributed by atoms with E-state index < -0.39 is 12.1 Å². The molecule has 0 aromatic carbocycles. The lowest BCUT2D eigenvalue weighted by Crippen LogP contribution is -2.45. The first-order chi connectivity index (χ1) is 9.92. The van der Waals surface area contributed by atoms with E-state index in [0.717, 1.165) is 0 Å². The van der Waals surface area contributed by atoms with Gasteiger partial charge in [-0.1, -0.05) is 0 Å². The summed E-state index contributed by atoms with van der Waals surface area (Å²) in [5, 5.41) is 7.85. The molecule has 0 aliphatic heterocycles. The van der Waals surface area contributed by atoms with Crippen molar-refractivity contribution in [3.8, 4) is 0 Å². The number of aromatic nitrogens is 2. The molecule has 1 aromatic heterocycles. The molecule has 9 nitrogen and oxygen atoms in total. The van der Waals surface area contributed by atoms with E-state index in [4.69, 9.17) is 0 Å². The van der Waals surface area contributed by atoms with E-state index in [0.29, 0.717) is 24.7 Å². The van der Waals surface area contributed by atoms with Gasteiger partial charge in [0.15, 0.2) is 0 Å². The van der Waals surface area contributed by atoms with Crippen LogP contribution in [0.15, 0.2) is 10.9 Å². The van der Waals surface area contributed by atoms with Crippen molar-refractivity contribution in [3.63, 3.8) is 0 Å². The molecule has 0 fully saturated rings. The summed E-state index contributed by atoms with van der Waals surface area (Å²) in [6.45, 7) is 3.94. The molecule has 1 heterocycles. The molecule has 0 spiro atoms. The molecule has 0 saturated carbocycles. The SMILES string of the molecule is COC(=O)N[C@@H](C)C(=O)NCCNc1nc(C)cc(=O)[nH]1. The summed E-state index contributed by atoms with van der Waals surface area (Å²) in [4.78, 5) is 40.4. The van der Waals surface area contributed by atoms with Crippen LogP contribution in [0.2, 0.25) is 0 Å². The average Bonchev–Trinajstić information content (AvgIpc) is 2.42. The minimum atomic E-state index is -0.700. The first-order valence-electron chi connectivity index (χ1n) is 6.36. The topological polar surface area (TPSA) is 125 Å². The van der Waals surface area contributed by atoms with E-state index in [1.54, 1.807) is 13.8 Å². The average molecular weight is 297 g/mol. The minimum absolute atomic E-state index is 0.245. The van der Waals surface area contributed by atoms with Crippen molar-refractivity contribution in [2.24, 2.45) is 0 Å². The first kappa shape index (κ1) is 16.5. The highest BCUT2D eigenvalue weighted by Gasteiger charge is 2.14. The molecule has 0 radical (unpaired) electrons. The third-order valence-corrected chi connectivity index (χ3v) is 2.50. The number of carbonyl (C=O) groups is 2. The Hall–Kier alpha value is -2.58. The summed E-state index contributed by atoms with van der Waals surface area (Å²) >= 11 is 0. The smallest absolute Gasteiger partial charge is 0.407 e. The normalized spacial score (nSPS) is 11.4. The van der Waals surface area contributed by atoms with Crippen molar-refractivity contribution in [1.29, 1.82) is 0 Å². The lowest BCUT2D eigenvalue weighted by molar-refractivity contribution is -0.122. The standard InChI is InChI=1S/C12H19N5O4/c1-7-6-9(18)17-11(15-7)14-5-4-13-10(19)8(2)16-12(20)21-3/h6,8H,4-5H2,1-3H3,(H,13,19)(H,16,20)(H2,14,15,17,18)/t8-/m0/s1. The van der Waals surface area contributed by atoms with Gasteiger partial charge in [0.1, 0.15) is 6.04 Å². The second kappa shape index (κ2) is 7.88. The highest BCUT2D eigenvalue weighted by molar-refractivity contribution is 5.85. The van der Waals surface area contributed by atoms with Crippen LogP contribution in [0.1, 0.15) is 12.6 Å². The Bertz CT molecular complexity index is 557.